The van der Waals surface area contributed by atoms with Gasteiger partial charge in [0.15, 0.2) is 0 Å². The van der Waals surface area contributed by atoms with E-state index in [1.54, 1.807) is 12.1 Å². The summed E-state index contributed by atoms with van der Waals surface area (Å²) in [5, 5.41) is 21.4. The van der Waals surface area contributed by atoms with E-state index in [4.69, 9.17) is 9.84 Å². The molecule has 1 aliphatic carbocycles. The van der Waals surface area contributed by atoms with Crippen LogP contribution in [0, 0.1) is 0 Å². The van der Waals surface area contributed by atoms with E-state index in [0.29, 0.717) is 18.9 Å². The molecule has 0 amide bonds. The minimum absolute atomic E-state index is 0.101. The number of carboxylic acids is 1. The lowest BCUT2D eigenvalue weighted by molar-refractivity contribution is 0.0697. The highest BCUT2D eigenvalue weighted by molar-refractivity contribution is 5.87. The first-order chi connectivity index (χ1) is 9.15. The van der Waals surface area contributed by atoms with Crippen molar-refractivity contribution in [3.8, 4) is 5.75 Å². The van der Waals surface area contributed by atoms with E-state index < -0.39 is 5.97 Å². The third kappa shape index (κ3) is 3.45. The molecule has 1 fully saturated rings. The van der Waals surface area contributed by atoms with Crippen LogP contribution in [0.15, 0.2) is 24.3 Å². The molecular formula is C14H19NO4. The largest absolute Gasteiger partial charge is 0.492 e. The number of benzene rings is 1. The lowest BCUT2D eigenvalue weighted by Crippen LogP contribution is -2.54. The van der Waals surface area contributed by atoms with Crippen LogP contribution >= 0.6 is 0 Å². The van der Waals surface area contributed by atoms with E-state index in [9.17, 15) is 9.90 Å². The van der Waals surface area contributed by atoms with Crippen molar-refractivity contribution in [2.75, 3.05) is 19.8 Å². The summed E-state index contributed by atoms with van der Waals surface area (Å²) in [7, 11) is 0. The second-order valence-corrected chi connectivity index (χ2v) is 4.90. The average Bonchev–Trinajstić information content (AvgIpc) is 2.37. The third-order valence-corrected chi connectivity index (χ3v) is 3.59. The number of aliphatic hydroxyl groups is 1. The molecule has 5 nitrogen and oxygen atoms in total. The Labute approximate surface area is 112 Å². The fraction of sp³-hybridized carbons (Fsp3) is 0.500. The second kappa shape index (κ2) is 6.04. The van der Waals surface area contributed by atoms with E-state index in [1.807, 2.05) is 0 Å². The molecule has 1 aromatic rings. The molecule has 104 valence electrons. The number of hydrogen-bond acceptors (Lipinski definition) is 4. The Balaban J connectivity index is 1.72. The summed E-state index contributed by atoms with van der Waals surface area (Å²) >= 11 is 0. The van der Waals surface area contributed by atoms with E-state index in [-0.39, 0.29) is 17.7 Å². The highest BCUT2D eigenvalue weighted by atomic mass is 16.5. The van der Waals surface area contributed by atoms with Crippen LogP contribution in [0.5, 0.6) is 5.75 Å². The van der Waals surface area contributed by atoms with Crippen molar-refractivity contribution in [2.45, 2.75) is 24.8 Å². The Morgan fingerprint density at radius 2 is 2.00 bits per heavy atom. The normalized spacial score (nSPS) is 16.7. The van der Waals surface area contributed by atoms with Gasteiger partial charge in [0, 0.05) is 12.1 Å². The standard InChI is InChI=1S/C14H19NO4/c16-10-14(6-1-7-14)15-8-9-19-12-4-2-11(3-5-12)13(17)18/h2-5,15-16H,1,6-10H2,(H,17,18). The molecule has 0 saturated heterocycles. The van der Waals surface area contributed by atoms with Gasteiger partial charge in [-0.05, 0) is 43.5 Å². The molecule has 19 heavy (non-hydrogen) atoms. The predicted octanol–water partition coefficient (Wildman–Crippen LogP) is 1.27. The summed E-state index contributed by atoms with van der Waals surface area (Å²) in [5.41, 5.74) is 0.149. The van der Waals surface area contributed by atoms with Gasteiger partial charge in [-0.2, -0.15) is 0 Å². The molecular weight excluding hydrogens is 246 g/mol. The molecule has 0 aromatic heterocycles. The molecule has 0 atom stereocenters. The smallest absolute Gasteiger partial charge is 0.335 e. The number of hydrogen-bond donors (Lipinski definition) is 3. The van der Waals surface area contributed by atoms with Gasteiger partial charge in [0.05, 0.1) is 12.2 Å². The van der Waals surface area contributed by atoms with Gasteiger partial charge in [0.25, 0.3) is 0 Å². The Morgan fingerprint density at radius 3 is 2.47 bits per heavy atom. The summed E-state index contributed by atoms with van der Waals surface area (Å²) in [5.74, 6) is -0.290. The van der Waals surface area contributed by atoms with Gasteiger partial charge in [0.1, 0.15) is 12.4 Å². The third-order valence-electron chi connectivity index (χ3n) is 3.59. The fourth-order valence-corrected chi connectivity index (χ4v) is 2.17. The van der Waals surface area contributed by atoms with Gasteiger partial charge in [-0.25, -0.2) is 4.79 Å². The fourth-order valence-electron chi connectivity index (χ4n) is 2.17. The molecule has 0 spiro atoms. The van der Waals surface area contributed by atoms with Gasteiger partial charge < -0.3 is 20.3 Å². The molecule has 3 N–H and O–H groups in total. The Morgan fingerprint density at radius 1 is 1.32 bits per heavy atom. The van der Waals surface area contributed by atoms with E-state index >= 15 is 0 Å². The van der Waals surface area contributed by atoms with Crippen LogP contribution in [0.2, 0.25) is 0 Å². The zero-order chi connectivity index (χ0) is 13.7. The number of rotatable bonds is 7. The van der Waals surface area contributed by atoms with Crippen LogP contribution in [0.1, 0.15) is 29.6 Å². The lowest BCUT2D eigenvalue weighted by atomic mass is 9.77. The van der Waals surface area contributed by atoms with Crippen LogP contribution in [0.25, 0.3) is 0 Å². The second-order valence-electron chi connectivity index (χ2n) is 4.90. The first-order valence-corrected chi connectivity index (χ1v) is 6.47. The topological polar surface area (TPSA) is 78.8 Å². The van der Waals surface area contributed by atoms with Gasteiger partial charge >= 0.3 is 5.97 Å². The molecule has 0 heterocycles. The van der Waals surface area contributed by atoms with E-state index in [1.165, 1.54) is 12.1 Å². The minimum Gasteiger partial charge on any atom is -0.492 e. The van der Waals surface area contributed by atoms with Crippen LogP contribution in [-0.2, 0) is 0 Å². The monoisotopic (exact) mass is 265 g/mol. The highest BCUT2D eigenvalue weighted by Gasteiger charge is 2.35. The summed E-state index contributed by atoms with van der Waals surface area (Å²) in [6, 6.07) is 6.34. The molecule has 5 heteroatoms. The number of nitrogens with one attached hydrogen (secondary N) is 1. The van der Waals surface area contributed by atoms with Gasteiger partial charge in [-0.3, -0.25) is 0 Å². The molecule has 0 unspecified atom stereocenters. The minimum atomic E-state index is -0.942. The molecule has 1 aromatic carbocycles. The number of carboxylic acid groups (broad SMARTS) is 1. The first kappa shape index (κ1) is 13.8. The van der Waals surface area contributed by atoms with Crippen molar-refractivity contribution in [1.82, 2.24) is 5.32 Å². The first-order valence-electron chi connectivity index (χ1n) is 6.47. The number of carbonyl (C=O) groups is 1. The Bertz CT molecular complexity index is 420. The molecule has 0 aliphatic heterocycles. The predicted molar refractivity (Wildman–Crippen MR) is 70.6 cm³/mol. The molecule has 1 saturated carbocycles. The molecule has 0 radical (unpaired) electrons. The SMILES string of the molecule is O=C(O)c1ccc(OCCNC2(CO)CCC2)cc1. The number of ether oxygens (including phenoxy) is 1. The van der Waals surface area contributed by atoms with Crippen molar-refractivity contribution < 1.29 is 19.7 Å². The lowest BCUT2D eigenvalue weighted by Gasteiger charge is -2.41. The summed E-state index contributed by atoms with van der Waals surface area (Å²) in [4.78, 5) is 10.7. The summed E-state index contributed by atoms with van der Waals surface area (Å²) in [6.45, 7) is 1.33. The molecule has 2 rings (SSSR count). The van der Waals surface area contributed by atoms with Crippen molar-refractivity contribution in [2.24, 2.45) is 0 Å². The van der Waals surface area contributed by atoms with Gasteiger partial charge in [0.2, 0.25) is 0 Å². The summed E-state index contributed by atoms with van der Waals surface area (Å²) in [6.07, 6.45) is 3.18. The van der Waals surface area contributed by atoms with Crippen LogP contribution < -0.4 is 10.1 Å². The maximum atomic E-state index is 10.7. The molecule has 0 bridgehead atoms. The van der Waals surface area contributed by atoms with Gasteiger partial charge in [-0.1, -0.05) is 0 Å². The van der Waals surface area contributed by atoms with Crippen molar-refractivity contribution in [3.63, 3.8) is 0 Å². The maximum absolute atomic E-state index is 10.7. The number of aliphatic hydroxyl groups excluding tert-OH is 1. The van der Waals surface area contributed by atoms with E-state index in [2.05, 4.69) is 5.32 Å². The summed E-state index contributed by atoms with van der Waals surface area (Å²) < 4.78 is 5.51. The number of aromatic carboxylic acids is 1. The van der Waals surface area contributed by atoms with Crippen LogP contribution in [0.4, 0.5) is 0 Å². The van der Waals surface area contributed by atoms with Crippen LogP contribution in [-0.4, -0.2) is 41.5 Å². The van der Waals surface area contributed by atoms with Gasteiger partial charge in [-0.15, -0.1) is 0 Å². The molecule has 1 aliphatic rings. The van der Waals surface area contributed by atoms with Crippen molar-refractivity contribution in [1.29, 1.82) is 0 Å². The zero-order valence-corrected chi connectivity index (χ0v) is 10.8. The highest BCUT2D eigenvalue weighted by Crippen LogP contribution is 2.30. The Hall–Kier alpha value is -1.59. The van der Waals surface area contributed by atoms with Crippen molar-refractivity contribution >= 4 is 5.97 Å². The maximum Gasteiger partial charge on any atom is 0.335 e. The van der Waals surface area contributed by atoms with Crippen molar-refractivity contribution in [3.05, 3.63) is 29.8 Å². The van der Waals surface area contributed by atoms with E-state index in [0.717, 1.165) is 19.3 Å². The van der Waals surface area contributed by atoms with Crippen LogP contribution in [0.3, 0.4) is 0 Å². The zero-order valence-electron chi connectivity index (χ0n) is 10.8. The Kier molecular flexibility index (Phi) is 4.39. The average molecular weight is 265 g/mol. The quantitative estimate of drug-likeness (QED) is 0.647.